The normalized spacial score (nSPS) is 11.2. The first-order valence-corrected chi connectivity index (χ1v) is 10.8. The number of nitrogens with one attached hydrogen (secondary N) is 2. The number of aromatic nitrogens is 1. The number of esters is 1. The van der Waals surface area contributed by atoms with Gasteiger partial charge >= 0.3 is 5.97 Å². The standard InChI is InChI=1S/C22H25N3O3S2/c1-6-27-20(26)18-17(14-10-8-7-9-11-14)13(2)30-19(18)24-21(29)23-16-12-15(28-25-16)22(3,4)5/h7-12H,6H2,1-5H3,(H2,23,24,25,29). The van der Waals surface area contributed by atoms with Crippen molar-refractivity contribution in [3.8, 4) is 11.1 Å². The van der Waals surface area contributed by atoms with Gasteiger partial charge in [-0.15, -0.1) is 11.3 Å². The quantitative estimate of drug-likeness (QED) is 0.370. The molecule has 0 fully saturated rings. The van der Waals surface area contributed by atoms with Crippen LogP contribution in [0.25, 0.3) is 11.1 Å². The van der Waals surface area contributed by atoms with Gasteiger partial charge in [0.2, 0.25) is 0 Å². The first-order valence-electron chi connectivity index (χ1n) is 9.61. The van der Waals surface area contributed by atoms with Crippen LogP contribution in [0.2, 0.25) is 0 Å². The zero-order chi connectivity index (χ0) is 21.9. The van der Waals surface area contributed by atoms with Crippen LogP contribution >= 0.6 is 23.6 Å². The van der Waals surface area contributed by atoms with Crippen molar-refractivity contribution in [1.29, 1.82) is 0 Å². The van der Waals surface area contributed by atoms with Gasteiger partial charge in [-0.3, -0.25) is 0 Å². The summed E-state index contributed by atoms with van der Waals surface area (Å²) in [7, 11) is 0. The van der Waals surface area contributed by atoms with Gasteiger partial charge in [-0.1, -0.05) is 56.3 Å². The van der Waals surface area contributed by atoms with E-state index >= 15 is 0 Å². The number of anilines is 2. The first-order chi connectivity index (χ1) is 14.2. The average Bonchev–Trinajstić information content (AvgIpc) is 3.26. The van der Waals surface area contributed by atoms with Gasteiger partial charge in [0.1, 0.15) is 16.3 Å². The fourth-order valence-corrected chi connectivity index (χ4v) is 4.26. The fraction of sp³-hybridized carbons (Fsp3) is 0.318. The van der Waals surface area contributed by atoms with E-state index in [2.05, 4.69) is 15.8 Å². The zero-order valence-electron chi connectivity index (χ0n) is 17.7. The SMILES string of the molecule is CCOC(=O)c1c(NC(=S)Nc2cc(C(C)(C)C)on2)sc(C)c1-c1ccccc1. The summed E-state index contributed by atoms with van der Waals surface area (Å²) in [5.41, 5.74) is 2.12. The summed E-state index contributed by atoms with van der Waals surface area (Å²) < 4.78 is 10.7. The van der Waals surface area contributed by atoms with E-state index in [0.29, 0.717) is 28.1 Å². The van der Waals surface area contributed by atoms with Crippen molar-refractivity contribution in [3.05, 3.63) is 52.6 Å². The molecule has 0 bridgehead atoms. The largest absolute Gasteiger partial charge is 0.462 e. The highest BCUT2D eigenvalue weighted by Crippen LogP contribution is 2.40. The van der Waals surface area contributed by atoms with Crippen molar-refractivity contribution in [1.82, 2.24) is 5.16 Å². The van der Waals surface area contributed by atoms with Gasteiger partial charge in [-0.05, 0) is 31.6 Å². The van der Waals surface area contributed by atoms with Crippen LogP contribution in [0.1, 0.15) is 48.7 Å². The molecule has 0 aliphatic carbocycles. The molecule has 0 saturated heterocycles. The summed E-state index contributed by atoms with van der Waals surface area (Å²) in [6.45, 7) is 10.2. The Hall–Kier alpha value is -2.71. The summed E-state index contributed by atoms with van der Waals surface area (Å²) in [6.07, 6.45) is 0. The molecule has 2 N–H and O–H groups in total. The molecule has 30 heavy (non-hydrogen) atoms. The molecule has 1 aromatic carbocycles. The van der Waals surface area contributed by atoms with Gasteiger partial charge in [0, 0.05) is 21.9 Å². The number of hydrogen-bond acceptors (Lipinski definition) is 6. The Morgan fingerprint density at radius 1 is 1.23 bits per heavy atom. The molecule has 6 nitrogen and oxygen atoms in total. The summed E-state index contributed by atoms with van der Waals surface area (Å²) in [5, 5.41) is 11.1. The Balaban J connectivity index is 1.89. The molecule has 8 heteroatoms. The second kappa shape index (κ2) is 8.97. The van der Waals surface area contributed by atoms with Crippen molar-refractivity contribution in [3.63, 3.8) is 0 Å². The lowest BCUT2D eigenvalue weighted by Crippen LogP contribution is -2.20. The lowest BCUT2D eigenvalue weighted by Gasteiger charge is -2.12. The molecule has 0 atom stereocenters. The third-order valence-electron chi connectivity index (χ3n) is 4.34. The van der Waals surface area contributed by atoms with Crippen LogP contribution in [0.4, 0.5) is 10.8 Å². The Morgan fingerprint density at radius 2 is 1.93 bits per heavy atom. The van der Waals surface area contributed by atoms with E-state index in [1.165, 1.54) is 11.3 Å². The predicted molar refractivity (Wildman–Crippen MR) is 125 cm³/mol. The minimum absolute atomic E-state index is 0.158. The van der Waals surface area contributed by atoms with Gasteiger partial charge in [0.25, 0.3) is 0 Å². The van der Waals surface area contributed by atoms with Crippen molar-refractivity contribution < 1.29 is 14.1 Å². The van der Waals surface area contributed by atoms with Gasteiger partial charge < -0.3 is 19.9 Å². The number of hydrogen-bond donors (Lipinski definition) is 2. The molecule has 0 spiro atoms. The van der Waals surface area contributed by atoms with Gasteiger partial charge in [-0.25, -0.2) is 4.79 Å². The number of nitrogens with zero attached hydrogens (tertiary/aromatic N) is 1. The van der Waals surface area contributed by atoms with Crippen molar-refractivity contribution in [2.24, 2.45) is 0 Å². The van der Waals surface area contributed by atoms with Gasteiger partial charge in [0.05, 0.1) is 6.61 Å². The van der Waals surface area contributed by atoms with Crippen LogP contribution in [-0.4, -0.2) is 22.8 Å². The maximum absolute atomic E-state index is 12.8. The summed E-state index contributed by atoms with van der Waals surface area (Å²) in [5.74, 6) is 0.868. The lowest BCUT2D eigenvalue weighted by atomic mass is 9.93. The molecule has 3 aromatic rings. The summed E-state index contributed by atoms with van der Waals surface area (Å²) >= 11 is 6.91. The molecule has 2 heterocycles. The number of thiophene rings is 1. The molecule has 3 rings (SSSR count). The van der Waals surface area contributed by atoms with Gasteiger partial charge in [0.15, 0.2) is 10.9 Å². The van der Waals surface area contributed by atoms with Crippen molar-refractivity contribution in [2.75, 3.05) is 17.2 Å². The van der Waals surface area contributed by atoms with Crippen molar-refractivity contribution >= 4 is 45.5 Å². The highest BCUT2D eigenvalue weighted by Gasteiger charge is 2.25. The highest BCUT2D eigenvalue weighted by molar-refractivity contribution is 7.80. The maximum atomic E-state index is 12.8. The molecular formula is C22H25N3O3S2. The van der Waals surface area contributed by atoms with Crippen molar-refractivity contribution in [2.45, 2.75) is 40.0 Å². The monoisotopic (exact) mass is 443 g/mol. The Labute approximate surface area is 185 Å². The van der Waals surface area contributed by atoms with E-state index in [1.807, 2.05) is 64.1 Å². The van der Waals surface area contributed by atoms with E-state index in [-0.39, 0.29) is 11.4 Å². The number of ether oxygens (including phenoxy) is 1. The number of rotatable bonds is 5. The summed E-state index contributed by atoms with van der Waals surface area (Å²) in [6, 6.07) is 11.6. The second-order valence-corrected chi connectivity index (χ2v) is 9.36. The third-order valence-corrected chi connectivity index (χ3v) is 5.57. The average molecular weight is 444 g/mol. The fourth-order valence-electron chi connectivity index (χ4n) is 2.92. The molecule has 0 aliphatic heterocycles. The first kappa shape index (κ1) is 22.0. The minimum atomic E-state index is -0.387. The Bertz CT molecular complexity index is 1050. The number of carbonyl (C=O) groups excluding carboxylic acids is 1. The van der Waals surface area contributed by atoms with Crippen LogP contribution in [0.5, 0.6) is 0 Å². The van der Waals surface area contributed by atoms with Crippen LogP contribution in [0.15, 0.2) is 40.9 Å². The molecular weight excluding hydrogens is 418 g/mol. The Kier molecular flexibility index (Phi) is 6.58. The number of benzene rings is 1. The van der Waals surface area contributed by atoms with Crippen LogP contribution < -0.4 is 10.6 Å². The van der Waals surface area contributed by atoms with E-state index in [4.69, 9.17) is 21.5 Å². The smallest absolute Gasteiger partial charge is 0.341 e. The maximum Gasteiger partial charge on any atom is 0.341 e. The molecule has 0 amide bonds. The van der Waals surface area contributed by atoms with Crippen LogP contribution in [0, 0.1) is 6.92 Å². The molecule has 2 aromatic heterocycles. The lowest BCUT2D eigenvalue weighted by molar-refractivity contribution is 0.0529. The minimum Gasteiger partial charge on any atom is -0.462 e. The third kappa shape index (κ3) is 4.88. The number of aryl methyl sites for hydroxylation is 1. The van der Waals surface area contributed by atoms with E-state index in [1.54, 1.807) is 6.92 Å². The van der Waals surface area contributed by atoms with Gasteiger partial charge in [-0.2, -0.15) is 0 Å². The molecule has 158 valence electrons. The zero-order valence-corrected chi connectivity index (χ0v) is 19.3. The van der Waals surface area contributed by atoms with Crippen LogP contribution in [0.3, 0.4) is 0 Å². The molecule has 0 aliphatic rings. The molecule has 0 radical (unpaired) electrons. The summed E-state index contributed by atoms with van der Waals surface area (Å²) in [4.78, 5) is 13.8. The van der Waals surface area contributed by atoms with E-state index < -0.39 is 0 Å². The molecule has 0 saturated carbocycles. The number of thiocarbonyl (C=S) groups is 1. The van der Waals surface area contributed by atoms with Crippen LogP contribution in [-0.2, 0) is 10.2 Å². The molecule has 0 unspecified atom stereocenters. The second-order valence-electron chi connectivity index (χ2n) is 7.73. The van der Waals surface area contributed by atoms with E-state index in [0.717, 1.165) is 21.8 Å². The Morgan fingerprint density at radius 3 is 2.53 bits per heavy atom. The van der Waals surface area contributed by atoms with E-state index in [9.17, 15) is 4.79 Å². The highest BCUT2D eigenvalue weighted by atomic mass is 32.1. The predicted octanol–water partition coefficient (Wildman–Crippen LogP) is 5.99. The number of carbonyl (C=O) groups is 1. The topological polar surface area (TPSA) is 76.4 Å².